The van der Waals surface area contributed by atoms with Crippen LogP contribution in [-0.4, -0.2) is 65.9 Å². The first kappa shape index (κ1) is 22.9. The largest absolute Gasteiger partial charge is 0.356 e. The van der Waals surface area contributed by atoms with Gasteiger partial charge in [0.1, 0.15) is 5.69 Å². The third-order valence-electron chi connectivity index (χ3n) is 7.12. The summed E-state index contributed by atoms with van der Waals surface area (Å²) in [6, 6.07) is 0. The first-order valence-corrected chi connectivity index (χ1v) is 11.8. The van der Waals surface area contributed by atoms with Crippen molar-refractivity contribution in [2.45, 2.75) is 66.2 Å². The molecule has 2 aliphatic heterocycles. The van der Waals surface area contributed by atoms with Crippen LogP contribution in [0.25, 0.3) is 0 Å². The Bertz CT molecular complexity index is 734. The fraction of sp³-hybridized carbons (Fsp3) is 0.750. The molecule has 2 saturated heterocycles. The van der Waals surface area contributed by atoms with Gasteiger partial charge in [-0.2, -0.15) is 0 Å². The zero-order valence-corrected chi connectivity index (χ0v) is 19.4. The molecule has 0 aromatic carbocycles. The van der Waals surface area contributed by atoms with E-state index in [0.29, 0.717) is 12.3 Å². The Labute approximate surface area is 181 Å². The normalized spacial score (nSPS) is 21.1. The first-order valence-electron chi connectivity index (χ1n) is 11.8. The SMILES string of the molecule is Cc1[nH]c(C(=O)N2CCC(CC(=O)NCCCN3CCC[C@@H](C)C3)CC2)c(C)c1C. The number of aryl methyl sites for hydroxylation is 1. The van der Waals surface area contributed by atoms with Gasteiger partial charge in [0, 0.05) is 38.3 Å². The predicted molar refractivity (Wildman–Crippen MR) is 121 cm³/mol. The number of H-pyrrole nitrogens is 1. The second-order valence-electron chi connectivity index (χ2n) is 9.57. The van der Waals surface area contributed by atoms with Gasteiger partial charge in [-0.1, -0.05) is 6.92 Å². The monoisotopic (exact) mass is 416 g/mol. The maximum atomic E-state index is 12.9. The van der Waals surface area contributed by atoms with Gasteiger partial charge in [-0.15, -0.1) is 0 Å². The number of nitrogens with zero attached hydrogens (tertiary/aromatic N) is 2. The number of hydrogen-bond acceptors (Lipinski definition) is 3. The van der Waals surface area contributed by atoms with Gasteiger partial charge >= 0.3 is 0 Å². The lowest BCUT2D eigenvalue weighted by molar-refractivity contribution is -0.122. The lowest BCUT2D eigenvalue weighted by Gasteiger charge is -2.32. The van der Waals surface area contributed by atoms with Gasteiger partial charge in [0.05, 0.1) is 0 Å². The van der Waals surface area contributed by atoms with Crippen molar-refractivity contribution in [2.24, 2.45) is 11.8 Å². The van der Waals surface area contributed by atoms with Gasteiger partial charge in [-0.25, -0.2) is 0 Å². The van der Waals surface area contributed by atoms with E-state index >= 15 is 0 Å². The maximum Gasteiger partial charge on any atom is 0.270 e. The van der Waals surface area contributed by atoms with E-state index in [2.05, 4.69) is 29.0 Å². The number of piperidine rings is 2. The van der Waals surface area contributed by atoms with E-state index in [4.69, 9.17) is 0 Å². The van der Waals surface area contributed by atoms with Gasteiger partial charge in [0.2, 0.25) is 5.91 Å². The number of amides is 2. The lowest BCUT2D eigenvalue weighted by atomic mass is 9.93. The number of hydrogen-bond donors (Lipinski definition) is 2. The second kappa shape index (κ2) is 10.5. The van der Waals surface area contributed by atoms with E-state index in [-0.39, 0.29) is 11.8 Å². The standard InChI is InChI=1S/C24H40N4O2/c1-17-7-5-11-27(16-17)12-6-10-25-22(29)15-21-8-13-28(14-9-21)24(30)23-19(3)18(2)20(4)26-23/h17,21,26H,5-16H2,1-4H3,(H,25,29)/t17-/m1/s1. The summed E-state index contributed by atoms with van der Waals surface area (Å²) in [7, 11) is 0. The molecular formula is C24H40N4O2. The summed E-state index contributed by atoms with van der Waals surface area (Å²) >= 11 is 0. The first-order chi connectivity index (χ1) is 14.3. The number of rotatable bonds is 7. The van der Waals surface area contributed by atoms with Gasteiger partial charge in [-0.05, 0) is 88.9 Å². The minimum absolute atomic E-state index is 0.0960. The molecule has 0 aliphatic carbocycles. The highest BCUT2D eigenvalue weighted by molar-refractivity contribution is 5.94. The molecule has 2 fully saturated rings. The summed E-state index contributed by atoms with van der Waals surface area (Å²) in [5, 5.41) is 3.11. The highest BCUT2D eigenvalue weighted by Gasteiger charge is 2.27. The number of aromatic nitrogens is 1. The zero-order valence-electron chi connectivity index (χ0n) is 19.4. The van der Waals surface area contributed by atoms with Crippen LogP contribution in [0.5, 0.6) is 0 Å². The lowest BCUT2D eigenvalue weighted by Crippen LogP contribution is -2.40. The smallest absolute Gasteiger partial charge is 0.270 e. The minimum Gasteiger partial charge on any atom is -0.356 e. The van der Waals surface area contributed by atoms with Crippen LogP contribution in [0.15, 0.2) is 0 Å². The summed E-state index contributed by atoms with van der Waals surface area (Å²) in [6.07, 6.45) is 6.08. The average molecular weight is 417 g/mol. The van der Waals surface area contributed by atoms with Crippen LogP contribution < -0.4 is 5.32 Å². The molecule has 6 nitrogen and oxygen atoms in total. The third-order valence-corrected chi connectivity index (χ3v) is 7.12. The fourth-order valence-electron chi connectivity index (χ4n) is 4.91. The van der Waals surface area contributed by atoms with Crippen molar-refractivity contribution in [3.05, 3.63) is 22.5 Å². The van der Waals surface area contributed by atoms with Gasteiger partial charge < -0.3 is 20.1 Å². The Kier molecular flexibility index (Phi) is 7.98. The van der Waals surface area contributed by atoms with Crippen LogP contribution in [0.3, 0.4) is 0 Å². The Morgan fingerprint density at radius 2 is 1.80 bits per heavy atom. The molecule has 168 valence electrons. The quantitative estimate of drug-likeness (QED) is 0.669. The molecule has 2 N–H and O–H groups in total. The summed E-state index contributed by atoms with van der Waals surface area (Å²) in [6.45, 7) is 14.1. The van der Waals surface area contributed by atoms with Crippen molar-refractivity contribution in [2.75, 3.05) is 39.3 Å². The Morgan fingerprint density at radius 3 is 2.43 bits per heavy atom. The summed E-state index contributed by atoms with van der Waals surface area (Å²) in [4.78, 5) is 32.9. The molecule has 0 radical (unpaired) electrons. The van der Waals surface area contributed by atoms with Crippen molar-refractivity contribution < 1.29 is 9.59 Å². The van der Waals surface area contributed by atoms with E-state index in [9.17, 15) is 9.59 Å². The molecule has 3 heterocycles. The molecule has 2 aliphatic rings. The Morgan fingerprint density at radius 1 is 1.07 bits per heavy atom. The molecule has 2 amide bonds. The molecule has 1 atom stereocenters. The zero-order chi connectivity index (χ0) is 21.7. The average Bonchev–Trinajstić information content (AvgIpc) is 2.99. The molecule has 0 saturated carbocycles. The molecule has 1 aromatic rings. The summed E-state index contributed by atoms with van der Waals surface area (Å²) < 4.78 is 0. The number of carbonyl (C=O) groups is 2. The molecule has 1 aromatic heterocycles. The Balaban J connectivity index is 1.33. The van der Waals surface area contributed by atoms with Crippen LogP contribution in [-0.2, 0) is 4.79 Å². The van der Waals surface area contributed by atoms with E-state index < -0.39 is 0 Å². The predicted octanol–water partition coefficient (Wildman–Crippen LogP) is 3.42. The number of nitrogens with one attached hydrogen (secondary N) is 2. The van der Waals surface area contributed by atoms with Gasteiger partial charge in [-0.3, -0.25) is 9.59 Å². The molecule has 30 heavy (non-hydrogen) atoms. The van der Waals surface area contributed by atoms with Crippen molar-refractivity contribution in [3.8, 4) is 0 Å². The van der Waals surface area contributed by atoms with Crippen LogP contribution >= 0.6 is 0 Å². The third kappa shape index (κ3) is 5.87. The van der Waals surface area contributed by atoms with Crippen molar-refractivity contribution in [3.63, 3.8) is 0 Å². The minimum atomic E-state index is 0.0960. The second-order valence-corrected chi connectivity index (χ2v) is 9.57. The van der Waals surface area contributed by atoms with E-state index in [1.807, 2.05) is 18.7 Å². The number of aromatic amines is 1. The van der Waals surface area contributed by atoms with Crippen LogP contribution in [0.2, 0.25) is 0 Å². The van der Waals surface area contributed by atoms with Crippen molar-refractivity contribution in [1.29, 1.82) is 0 Å². The number of carbonyl (C=O) groups excluding carboxylic acids is 2. The van der Waals surface area contributed by atoms with E-state index in [0.717, 1.165) is 68.3 Å². The molecular weight excluding hydrogens is 376 g/mol. The van der Waals surface area contributed by atoms with Crippen molar-refractivity contribution in [1.82, 2.24) is 20.1 Å². The van der Waals surface area contributed by atoms with Crippen LogP contribution in [0.1, 0.15) is 72.8 Å². The summed E-state index contributed by atoms with van der Waals surface area (Å²) in [5.74, 6) is 1.45. The van der Waals surface area contributed by atoms with Crippen molar-refractivity contribution >= 4 is 11.8 Å². The topological polar surface area (TPSA) is 68.4 Å². The van der Waals surface area contributed by atoms with Gasteiger partial charge in [0.15, 0.2) is 0 Å². The molecule has 0 bridgehead atoms. The van der Waals surface area contributed by atoms with Crippen LogP contribution in [0.4, 0.5) is 0 Å². The number of likely N-dealkylation sites (tertiary alicyclic amines) is 2. The molecule has 6 heteroatoms. The Hall–Kier alpha value is -1.82. The summed E-state index contributed by atoms with van der Waals surface area (Å²) in [5.41, 5.74) is 4.01. The molecule has 0 spiro atoms. The molecule has 3 rings (SSSR count). The highest BCUT2D eigenvalue weighted by atomic mass is 16.2. The maximum absolute atomic E-state index is 12.9. The van der Waals surface area contributed by atoms with E-state index in [1.165, 1.54) is 31.5 Å². The molecule has 0 unspecified atom stereocenters. The van der Waals surface area contributed by atoms with Crippen LogP contribution in [0, 0.1) is 32.6 Å². The fourth-order valence-corrected chi connectivity index (χ4v) is 4.91. The highest BCUT2D eigenvalue weighted by Crippen LogP contribution is 2.24. The van der Waals surface area contributed by atoms with Gasteiger partial charge in [0.25, 0.3) is 5.91 Å². The van der Waals surface area contributed by atoms with E-state index in [1.54, 1.807) is 0 Å².